The molecule has 2 saturated heterocycles. The van der Waals surface area contributed by atoms with Crippen LogP contribution in [0.25, 0.3) is 10.9 Å². The molecule has 2 aliphatic rings. The lowest BCUT2D eigenvalue weighted by Crippen LogP contribution is -2.47. The summed E-state index contributed by atoms with van der Waals surface area (Å²) in [7, 11) is 0. The Morgan fingerprint density at radius 3 is 2.57 bits per heavy atom. The van der Waals surface area contributed by atoms with Crippen molar-refractivity contribution in [3.05, 3.63) is 36.0 Å². The Kier molecular flexibility index (Phi) is 6.46. The molecule has 0 saturated carbocycles. The number of morpholine rings is 1. The average Bonchev–Trinajstić information content (AvgIpc) is 3.17. The number of piperidine rings is 1. The summed E-state index contributed by atoms with van der Waals surface area (Å²) in [5.41, 5.74) is 1.71. The number of carbonyl (C=O) groups is 2. The smallest absolute Gasteiger partial charge is 0.225 e. The Labute approximate surface area is 176 Å². The quantitative estimate of drug-likeness (QED) is 0.686. The van der Waals surface area contributed by atoms with Crippen LogP contribution in [0.2, 0.25) is 0 Å². The molecule has 1 aromatic carbocycles. The van der Waals surface area contributed by atoms with Crippen LogP contribution >= 0.6 is 0 Å². The van der Waals surface area contributed by atoms with Crippen LogP contribution in [0, 0.1) is 17.2 Å². The fraction of sp³-hybridized carbons (Fsp3) is 0.522. The van der Waals surface area contributed by atoms with Gasteiger partial charge in [0.1, 0.15) is 0 Å². The van der Waals surface area contributed by atoms with Gasteiger partial charge >= 0.3 is 0 Å². The third-order valence-corrected chi connectivity index (χ3v) is 6.18. The Morgan fingerprint density at radius 1 is 1.10 bits per heavy atom. The molecule has 2 aromatic rings. The standard InChI is InChI=1S/C23H28N4O3/c24-8-3-9-27-16-20(19-4-1-2-5-21(19)27)22(28)17-25-10-6-18(7-11-25)23(29)26-12-14-30-15-13-26/h1-2,4-5,16,18H,3,6-7,9-15,17H2. The molecule has 7 heteroatoms. The van der Waals surface area contributed by atoms with E-state index in [-0.39, 0.29) is 17.6 Å². The molecule has 0 bridgehead atoms. The second kappa shape index (κ2) is 9.41. The number of hydrogen-bond donors (Lipinski definition) is 0. The number of benzene rings is 1. The second-order valence-electron chi connectivity index (χ2n) is 8.07. The number of ether oxygens (including phenoxy) is 1. The number of amides is 1. The van der Waals surface area contributed by atoms with Gasteiger partial charge in [0.2, 0.25) is 5.91 Å². The average molecular weight is 409 g/mol. The predicted molar refractivity (Wildman–Crippen MR) is 113 cm³/mol. The molecule has 0 spiro atoms. The summed E-state index contributed by atoms with van der Waals surface area (Å²) in [6.45, 7) is 5.10. The third-order valence-electron chi connectivity index (χ3n) is 6.18. The van der Waals surface area contributed by atoms with E-state index in [0.29, 0.717) is 45.8 Å². The number of nitrogens with zero attached hydrogens (tertiary/aromatic N) is 4. The molecule has 2 fully saturated rings. The highest BCUT2D eigenvalue weighted by atomic mass is 16.5. The van der Waals surface area contributed by atoms with Gasteiger partial charge in [-0.15, -0.1) is 0 Å². The molecular formula is C23H28N4O3. The lowest BCUT2D eigenvalue weighted by atomic mass is 9.94. The van der Waals surface area contributed by atoms with Gasteiger partial charge in [-0.3, -0.25) is 14.5 Å². The molecule has 30 heavy (non-hydrogen) atoms. The van der Waals surface area contributed by atoms with Crippen molar-refractivity contribution in [1.29, 1.82) is 5.26 Å². The molecule has 0 unspecified atom stereocenters. The maximum absolute atomic E-state index is 13.1. The number of carbonyl (C=O) groups excluding carboxylic acids is 2. The lowest BCUT2D eigenvalue weighted by Gasteiger charge is -2.35. The molecule has 1 amide bonds. The first kappa shape index (κ1) is 20.6. The molecule has 3 heterocycles. The molecule has 4 rings (SSSR count). The van der Waals surface area contributed by atoms with Crippen LogP contribution in [0.4, 0.5) is 0 Å². The minimum Gasteiger partial charge on any atom is -0.378 e. The van der Waals surface area contributed by atoms with E-state index in [4.69, 9.17) is 10.00 Å². The number of rotatable bonds is 6. The van der Waals surface area contributed by atoms with Crippen molar-refractivity contribution in [2.24, 2.45) is 5.92 Å². The van der Waals surface area contributed by atoms with Crippen LogP contribution < -0.4 is 0 Å². The van der Waals surface area contributed by atoms with E-state index in [9.17, 15) is 9.59 Å². The highest BCUT2D eigenvalue weighted by Crippen LogP contribution is 2.24. The van der Waals surface area contributed by atoms with Crippen molar-refractivity contribution < 1.29 is 14.3 Å². The number of fused-ring (bicyclic) bond motifs is 1. The predicted octanol–water partition coefficient (Wildman–Crippen LogP) is 2.31. The van der Waals surface area contributed by atoms with Crippen LogP contribution in [0.5, 0.6) is 0 Å². The van der Waals surface area contributed by atoms with E-state index in [1.54, 1.807) is 0 Å². The van der Waals surface area contributed by atoms with Crippen molar-refractivity contribution in [2.45, 2.75) is 25.8 Å². The molecule has 0 atom stereocenters. The van der Waals surface area contributed by atoms with Crippen LogP contribution in [0.15, 0.2) is 30.5 Å². The number of likely N-dealkylation sites (tertiary alicyclic amines) is 1. The van der Waals surface area contributed by atoms with E-state index in [0.717, 1.165) is 42.4 Å². The van der Waals surface area contributed by atoms with Gasteiger partial charge in [-0.25, -0.2) is 0 Å². The molecule has 0 radical (unpaired) electrons. The van der Waals surface area contributed by atoms with Gasteiger partial charge in [0.05, 0.1) is 32.2 Å². The Morgan fingerprint density at radius 2 is 1.83 bits per heavy atom. The summed E-state index contributed by atoms with van der Waals surface area (Å²) >= 11 is 0. The minimum absolute atomic E-state index is 0.0577. The highest BCUT2D eigenvalue weighted by Gasteiger charge is 2.30. The second-order valence-corrected chi connectivity index (χ2v) is 8.07. The Bertz CT molecular complexity index is 947. The van der Waals surface area contributed by atoms with E-state index in [1.807, 2.05) is 39.9 Å². The largest absolute Gasteiger partial charge is 0.378 e. The van der Waals surface area contributed by atoms with Gasteiger partial charge in [-0.05, 0) is 32.0 Å². The van der Waals surface area contributed by atoms with Gasteiger partial charge in [-0.1, -0.05) is 18.2 Å². The van der Waals surface area contributed by atoms with Gasteiger partial charge in [0.15, 0.2) is 5.78 Å². The van der Waals surface area contributed by atoms with Crippen molar-refractivity contribution in [3.63, 3.8) is 0 Å². The third kappa shape index (κ3) is 4.40. The molecule has 0 N–H and O–H groups in total. The van der Waals surface area contributed by atoms with Crippen LogP contribution in [-0.2, 0) is 16.1 Å². The first-order valence-electron chi connectivity index (χ1n) is 10.7. The van der Waals surface area contributed by atoms with E-state index < -0.39 is 0 Å². The van der Waals surface area contributed by atoms with Gasteiger partial charge in [0.25, 0.3) is 0 Å². The molecule has 158 valence electrons. The summed E-state index contributed by atoms with van der Waals surface area (Å²) in [6.07, 6.45) is 3.90. The minimum atomic E-state index is 0.0577. The molecule has 7 nitrogen and oxygen atoms in total. The molecule has 2 aliphatic heterocycles. The normalized spacial score (nSPS) is 18.4. The van der Waals surface area contributed by atoms with Crippen LogP contribution in [-0.4, -0.2) is 72.0 Å². The number of hydrogen-bond acceptors (Lipinski definition) is 5. The Balaban J connectivity index is 1.37. The van der Waals surface area contributed by atoms with Crippen LogP contribution in [0.1, 0.15) is 29.6 Å². The zero-order valence-electron chi connectivity index (χ0n) is 17.3. The zero-order valence-corrected chi connectivity index (χ0v) is 17.3. The fourth-order valence-corrected chi connectivity index (χ4v) is 4.49. The summed E-state index contributed by atoms with van der Waals surface area (Å²) in [4.78, 5) is 29.8. The summed E-state index contributed by atoms with van der Waals surface area (Å²) in [5.74, 6) is 0.395. The number of ketones is 1. The molecular weight excluding hydrogens is 380 g/mol. The number of para-hydroxylation sites is 1. The molecule has 1 aromatic heterocycles. The Hall–Kier alpha value is -2.69. The summed E-state index contributed by atoms with van der Waals surface area (Å²) < 4.78 is 7.34. The van der Waals surface area contributed by atoms with E-state index >= 15 is 0 Å². The first-order chi connectivity index (χ1) is 14.7. The first-order valence-corrected chi connectivity index (χ1v) is 10.7. The van der Waals surface area contributed by atoms with Crippen molar-refractivity contribution in [3.8, 4) is 6.07 Å². The van der Waals surface area contributed by atoms with Gasteiger partial charge in [-0.2, -0.15) is 5.26 Å². The van der Waals surface area contributed by atoms with E-state index in [2.05, 4.69) is 11.0 Å². The van der Waals surface area contributed by atoms with Crippen molar-refractivity contribution >= 4 is 22.6 Å². The fourth-order valence-electron chi connectivity index (χ4n) is 4.49. The van der Waals surface area contributed by atoms with Crippen molar-refractivity contribution in [1.82, 2.24) is 14.4 Å². The van der Waals surface area contributed by atoms with Crippen molar-refractivity contribution in [2.75, 3.05) is 45.9 Å². The summed E-state index contributed by atoms with van der Waals surface area (Å²) in [5, 5.41) is 9.85. The number of aromatic nitrogens is 1. The monoisotopic (exact) mass is 408 g/mol. The number of aryl methyl sites for hydroxylation is 1. The summed E-state index contributed by atoms with van der Waals surface area (Å²) in [6, 6.07) is 10.0. The SMILES string of the molecule is N#CCCn1cc(C(=O)CN2CCC(C(=O)N3CCOCC3)CC2)c2ccccc21. The lowest BCUT2D eigenvalue weighted by molar-refractivity contribution is -0.141. The van der Waals surface area contributed by atoms with Gasteiger partial charge in [0, 0.05) is 48.2 Å². The van der Waals surface area contributed by atoms with Crippen LogP contribution in [0.3, 0.4) is 0 Å². The number of nitriles is 1. The highest BCUT2D eigenvalue weighted by molar-refractivity contribution is 6.09. The maximum atomic E-state index is 13.1. The topological polar surface area (TPSA) is 78.6 Å². The molecule has 0 aliphatic carbocycles. The van der Waals surface area contributed by atoms with Gasteiger partial charge < -0.3 is 14.2 Å². The zero-order chi connectivity index (χ0) is 20.9. The van der Waals surface area contributed by atoms with E-state index in [1.165, 1.54) is 0 Å². The number of Topliss-reactive ketones (excluding diaryl/α,β-unsaturated/α-hetero) is 1. The maximum Gasteiger partial charge on any atom is 0.225 e.